The number of halogens is 1. The highest BCUT2D eigenvalue weighted by Gasteiger charge is 1.99. The largest absolute Gasteiger partial charge is 0.351 e. The first kappa shape index (κ1) is 11.1. The maximum Gasteiger partial charge on any atom is 0.235 e. The standard InChI is InChI=1S/C11H14ClNO/c1-8-3-4-10(5-9(8)2)7-13-11(14)6-12/h3-5H,6-7H2,1-2H3,(H,13,14). The van der Waals surface area contributed by atoms with Crippen LogP contribution in [-0.4, -0.2) is 11.8 Å². The van der Waals surface area contributed by atoms with Gasteiger partial charge in [-0.15, -0.1) is 11.6 Å². The number of benzene rings is 1. The van der Waals surface area contributed by atoms with Crippen molar-refractivity contribution in [2.75, 3.05) is 5.88 Å². The van der Waals surface area contributed by atoms with Gasteiger partial charge in [-0.1, -0.05) is 18.2 Å². The molecule has 0 saturated carbocycles. The molecule has 0 radical (unpaired) electrons. The molecule has 2 nitrogen and oxygen atoms in total. The van der Waals surface area contributed by atoms with E-state index in [0.717, 1.165) is 5.56 Å². The molecule has 0 bridgehead atoms. The first-order valence-corrected chi connectivity index (χ1v) is 5.05. The van der Waals surface area contributed by atoms with E-state index >= 15 is 0 Å². The van der Waals surface area contributed by atoms with Crippen LogP contribution >= 0.6 is 11.6 Å². The van der Waals surface area contributed by atoms with Gasteiger partial charge in [0, 0.05) is 6.54 Å². The van der Waals surface area contributed by atoms with Crippen molar-refractivity contribution in [2.45, 2.75) is 20.4 Å². The van der Waals surface area contributed by atoms with E-state index in [4.69, 9.17) is 11.6 Å². The maximum atomic E-state index is 10.9. The number of rotatable bonds is 3. The zero-order chi connectivity index (χ0) is 10.6. The van der Waals surface area contributed by atoms with E-state index in [1.54, 1.807) is 0 Å². The van der Waals surface area contributed by atoms with E-state index in [1.807, 2.05) is 6.07 Å². The van der Waals surface area contributed by atoms with Gasteiger partial charge in [-0.25, -0.2) is 0 Å². The van der Waals surface area contributed by atoms with Crippen LogP contribution in [-0.2, 0) is 11.3 Å². The summed E-state index contributed by atoms with van der Waals surface area (Å²) in [6, 6.07) is 6.14. The molecule has 1 aromatic carbocycles. The van der Waals surface area contributed by atoms with Crippen molar-refractivity contribution in [3.63, 3.8) is 0 Å². The number of alkyl halides is 1. The summed E-state index contributed by atoms with van der Waals surface area (Å²) in [5.74, 6) is -0.116. The van der Waals surface area contributed by atoms with E-state index < -0.39 is 0 Å². The molecule has 3 heteroatoms. The molecule has 0 spiro atoms. The summed E-state index contributed by atoms with van der Waals surface area (Å²) < 4.78 is 0. The van der Waals surface area contributed by atoms with Gasteiger partial charge in [-0.3, -0.25) is 4.79 Å². The van der Waals surface area contributed by atoms with Crippen LogP contribution in [0.1, 0.15) is 16.7 Å². The second-order valence-corrected chi connectivity index (χ2v) is 3.60. The highest BCUT2D eigenvalue weighted by Crippen LogP contribution is 2.09. The Balaban J connectivity index is 2.60. The fourth-order valence-corrected chi connectivity index (χ4v) is 1.26. The topological polar surface area (TPSA) is 29.1 Å². The van der Waals surface area contributed by atoms with Crippen molar-refractivity contribution in [1.29, 1.82) is 0 Å². The number of hydrogen-bond acceptors (Lipinski definition) is 1. The number of carbonyl (C=O) groups excluding carboxylic acids is 1. The van der Waals surface area contributed by atoms with Crippen LogP contribution in [0.5, 0.6) is 0 Å². The SMILES string of the molecule is Cc1ccc(CNC(=O)CCl)cc1C. The van der Waals surface area contributed by atoms with Gasteiger partial charge < -0.3 is 5.32 Å². The molecule has 0 aliphatic rings. The van der Waals surface area contributed by atoms with Crippen molar-refractivity contribution in [3.05, 3.63) is 34.9 Å². The minimum Gasteiger partial charge on any atom is -0.351 e. The number of amides is 1. The van der Waals surface area contributed by atoms with Crippen LogP contribution in [0, 0.1) is 13.8 Å². The highest BCUT2D eigenvalue weighted by molar-refractivity contribution is 6.27. The van der Waals surface area contributed by atoms with Gasteiger partial charge in [0.2, 0.25) is 5.91 Å². The third-order valence-electron chi connectivity index (χ3n) is 2.18. The highest BCUT2D eigenvalue weighted by atomic mass is 35.5. The van der Waals surface area contributed by atoms with Crippen molar-refractivity contribution < 1.29 is 4.79 Å². The van der Waals surface area contributed by atoms with Crippen LogP contribution in [0.15, 0.2) is 18.2 Å². The predicted octanol–water partition coefficient (Wildman–Crippen LogP) is 2.16. The average Bonchev–Trinajstić information content (AvgIpc) is 2.19. The molecular formula is C11H14ClNO. The van der Waals surface area contributed by atoms with Crippen LogP contribution in [0.2, 0.25) is 0 Å². The van der Waals surface area contributed by atoms with Crippen molar-refractivity contribution >= 4 is 17.5 Å². The van der Waals surface area contributed by atoms with Gasteiger partial charge >= 0.3 is 0 Å². The van der Waals surface area contributed by atoms with Gasteiger partial charge in [0.15, 0.2) is 0 Å². The Morgan fingerprint density at radius 3 is 2.64 bits per heavy atom. The lowest BCUT2D eigenvalue weighted by Crippen LogP contribution is -2.23. The molecule has 0 fully saturated rings. The van der Waals surface area contributed by atoms with Crippen molar-refractivity contribution in [2.24, 2.45) is 0 Å². The van der Waals surface area contributed by atoms with Gasteiger partial charge in [0.25, 0.3) is 0 Å². The van der Waals surface area contributed by atoms with Gasteiger partial charge in [-0.05, 0) is 30.5 Å². The van der Waals surface area contributed by atoms with Gasteiger partial charge in [0.1, 0.15) is 5.88 Å². The lowest BCUT2D eigenvalue weighted by molar-refractivity contribution is -0.118. The summed E-state index contributed by atoms with van der Waals surface area (Å²) in [6.07, 6.45) is 0. The summed E-state index contributed by atoms with van der Waals surface area (Å²) >= 11 is 5.36. The zero-order valence-electron chi connectivity index (χ0n) is 8.43. The number of nitrogens with one attached hydrogen (secondary N) is 1. The van der Waals surface area contributed by atoms with E-state index in [1.165, 1.54) is 11.1 Å². The first-order chi connectivity index (χ1) is 6.63. The molecule has 0 aromatic heterocycles. The molecule has 1 rings (SSSR count). The van der Waals surface area contributed by atoms with Crippen LogP contribution in [0.4, 0.5) is 0 Å². The number of hydrogen-bond donors (Lipinski definition) is 1. The van der Waals surface area contributed by atoms with Crippen LogP contribution < -0.4 is 5.32 Å². The van der Waals surface area contributed by atoms with Crippen molar-refractivity contribution in [1.82, 2.24) is 5.32 Å². The van der Waals surface area contributed by atoms with E-state index in [0.29, 0.717) is 6.54 Å². The molecule has 0 saturated heterocycles. The van der Waals surface area contributed by atoms with E-state index in [9.17, 15) is 4.79 Å². The quantitative estimate of drug-likeness (QED) is 0.763. The molecule has 14 heavy (non-hydrogen) atoms. The molecule has 0 aliphatic heterocycles. The Labute approximate surface area is 89.3 Å². The Kier molecular flexibility index (Phi) is 3.96. The fourth-order valence-electron chi connectivity index (χ4n) is 1.16. The van der Waals surface area contributed by atoms with E-state index in [-0.39, 0.29) is 11.8 Å². The maximum absolute atomic E-state index is 10.9. The smallest absolute Gasteiger partial charge is 0.235 e. The lowest BCUT2D eigenvalue weighted by Gasteiger charge is -2.06. The summed E-state index contributed by atoms with van der Waals surface area (Å²) in [5.41, 5.74) is 3.60. The molecule has 0 heterocycles. The molecular weight excluding hydrogens is 198 g/mol. The normalized spacial score (nSPS) is 9.93. The first-order valence-electron chi connectivity index (χ1n) is 4.52. The third-order valence-corrected chi connectivity index (χ3v) is 2.43. The molecule has 76 valence electrons. The molecule has 1 N–H and O–H groups in total. The monoisotopic (exact) mass is 211 g/mol. The molecule has 0 aliphatic carbocycles. The summed E-state index contributed by atoms with van der Waals surface area (Å²) in [5, 5.41) is 2.72. The lowest BCUT2D eigenvalue weighted by atomic mass is 10.1. The fraction of sp³-hybridized carbons (Fsp3) is 0.364. The second kappa shape index (κ2) is 5.01. The van der Waals surface area contributed by atoms with Crippen LogP contribution in [0.3, 0.4) is 0 Å². The third kappa shape index (κ3) is 3.04. The van der Waals surface area contributed by atoms with Gasteiger partial charge in [0.05, 0.1) is 0 Å². The molecule has 0 atom stereocenters. The predicted molar refractivity (Wildman–Crippen MR) is 58.5 cm³/mol. The molecule has 0 unspecified atom stereocenters. The minimum absolute atomic E-state index is 0.0187. The minimum atomic E-state index is -0.134. The summed E-state index contributed by atoms with van der Waals surface area (Å²) in [4.78, 5) is 10.9. The molecule has 1 aromatic rings. The Bertz CT molecular complexity index is 336. The Hall–Kier alpha value is -1.02. The average molecular weight is 212 g/mol. The summed E-state index contributed by atoms with van der Waals surface area (Å²) in [7, 11) is 0. The zero-order valence-corrected chi connectivity index (χ0v) is 9.19. The van der Waals surface area contributed by atoms with Crippen LogP contribution in [0.25, 0.3) is 0 Å². The number of carbonyl (C=O) groups is 1. The molecule has 1 amide bonds. The second-order valence-electron chi connectivity index (χ2n) is 3.33. The number of aryl methyl sites for hydroxylation is 2. The van der Waals surface area contributed by atoms with Crippen molar-refractivity contribution in [3.8, 4) is 0 Å². The summed E-state index contributed by atoms with van der Waals surface area (Å²) in [6.45, 7) is 4.67. The van der Waals surface area contributed by atoms with Gasteiger partial charge in [-0.2, -0.15) is 0 Å². The van der Waals surface area contributed by atoms with E-state index in [2.05, 4.69) is 31.3 Å². The Morgan fingerprint density at radius 1 is 1.36 bits per heavy atom. The Morgan fingerprint density at radius 2 is 2.07 bits per heavy atom.